The van der Waals surface area contributed by atoms with Gasteiger partial charge in [0.15, 0.2) is 6.10 Å². The highest BCUT2D eigenvalue weighted by atomic mass is 16.6. The SMILES string of the molecule is CC/C=C\C/C=C\C/C=C\C/C=C\C/C=C\C/C=C\C/C=C\C/C=C\C/C=C\CCCC(=O)OCC(COC(=O)CCCCCCC)OC(=O)CCCC/C=C\C/C=C\C/C=C\C/C=C\C/C=C\C/C=C\CC. The third-order valence-corrected chi connectivity index (χ3v) is 10.9. The number of carbonyl (C=O) groups is 3. The summed E-state index contributed by atoms with van der Waals surface area (Å²) >= 11 is 0. The molecule has 0 amide bonds. The van der Waals surface area contributed by atoms with E-state index >= 15 is 0 Å². The molecule has 0 rings (SSSR count). The van der Waals surface area contributed by atoms with Gasteiger partial charge in [-0.1, -0.05) is 229 Å². The molecule has 0 spiro atoms. The van der Waals surface area contributed by atoms with Crippen molar-refractivity contribution >= 4 is 17.9 Å². The predicted molar refractivity (Wildman–Crippen MR) is 315 cm³/mol. The molecule has 1 atom stereocenters. The topological polar surface area (TPSA) is 78.9 Å². The summed E-state index contributed by atoms with van der Waals surface area (Å²) in [6.07, 6.45) is 89.3. The van der Waals surface area contributed by atoms with Gasteiger partial charge < -0.3 is 14.2 Å². The van der Waals surface area contributed by atoms with Crippen molar-refractivity contribution in [2.24, 2.45) is 0 Å². The van der Waals surface area contributed by atoms with Crippen LogP contribution in [-0.4, -0.2) is 37.2 Å². The normalized spacial score (nSPS) is 13.5. The van der Waals surface area contributed by atoms with Crippen LogP contribution >= 0.6 is 0 Å². The van der Waals surface area contributed by atoms with Crippen molar-refractivity contribution in [2.75, 3.05) is 13.2 Å². The van der Waals surface area contributed by atoms with Crippen molar-refractivity contribution < 1.29 is 28.6 Å². The molecule has 0 aromatic carbocycles. The first-order chi connectivity index (χ1) is 36.0. The molecule has 0 N–H and O–H groups in total. The van der Waals surface area contributed by atoms with Crippen LogP contribution in [0.4, 0.5) is 0 Å². The van der Waals surface area contributed by atoms with Crippen LogP contribution in [0.25, 0.3) is 0 Å². The minimum atomic E-state index is -0.831. The van der Waals surface area contributed by atoms with Crippen LogP contribution in [0.15, 0.2) is 182 Å². The molecule has 0 aliphatic carbocycles. The van der Waals surface area contributed by atoms with E-state index < -0.39 is 6.10 Å². The fourth-order valence-corrected chi connectivity index (χ4v) is 6.74. The summed E-state index contributed by atoms with van der Waals surface area (Å²) in [5.74, 6) is -1.06. The highest BCUT2D eigenvalue weighted by molar-refractivity contribution is 5.71. The summed E-state index contributed by atoms with van der Waals surface area (Å²) in [4.78, 5) is 37.8. The maximum absolute atomic E-state index is 12.8. The second kappa shape index (κ2) is 59.1. The number of ether oxygens (including phenoxy) is 3. The van der Waals surface area contributed by atoms with Gasteiger partial charge >= 0.3 is 17.9 Å². The monoisotopic (exact) mass is 1000 g/mol. The van der Waals surface area contributed by atoms with Crippen molar-refractivity contribution in [1.82, 2.24) is 0 Å². The van der Waals surface area contributed by atoms with Crippen molar-refractivity contribution in [3.05, 3.63) is 182 Å². The van der Waals surface area contributed by atoms with Gasteiger partial charge in [0, 0.05) is 19.3 Å². The quantitative estimate of drug-likeness (QED) is 0.0262. The lowest BCUT2D eigenvalue weighted by Crippen LogP contribution is -2.30. The largest absolute Gasteiger partial charge is 0.462 e. The maximum Gasteiger partial charge on any atom is 0.306 e. The molecule has 6 nitrogen and oxygen atoms in total. The smallest absolute Gasteiger partial charge is 0.306 e. The van der Waals surface area contributed by atoms with Crippen molar-refractivity contribution in [2.45, 2.75) is 207 Å². The van der Waals surface area contributed by atoms with E-state index in [0.29, 0.717) is 19.3 Å². The molecule has 73 heavy (non-hydrogen) atoms. The van der Waals surface area contributed by atoms with E-state index in [1.165, 1.54) is 0 Å². The lowest BCUT2D eigenvalue weighted by atomic mass is 10.1. The Morgan fingerprint density at radius 2 is 0.548 bits per heavy atom. The Balaban J connectivity index is 4.35. The van der Waals surface area contributed by atoms with Crippen LogP contribution in [0.1, 0.15) is 201 Å². The number of rotatable bonds is 48. The van der Waals surface area contributed by atoms with Gasteiger partial charge in [0.25, 0.3) is 0 Å². The van der Waals surface area contributed by atoms with E-state index in [1.807, 2.05) is 0 Å². The van der Waals surface area contributed by atoms with E-state index in [9.17, 15) is 14.4 Å². The molecule has 0 bridgehead atoms. The van der Waals surface area contributed by atoms with Crippen LogP contribution < -0.4 is 0 Å². The summed E-state index contributed by atoms with van der Waals surface area (Å²) in [6.45, 7) is 6.20. The molecular weight excluding hydrogens is 901 g/mol. The highest BCUT2D eigenvalue weighted by Crippen LogP contribution is 2.10. The molecule has 0 saturated carbocycles. The van der Waals surface area contributed by atoms with Gasteiger partial charge in [0.2, 0.25) is 0 Å². The molecule has 404 valence electrons. The molecular formula is C67H100O6. The van der Waals surface area contributed by atoms with Crippen molar-refractivity contribution in [3.63, 3.8) is 0 Å². The van der Waals surface area contributed by atoms with E-state index in [4.69, 9.17) is 14.2 Å². The molecule has 0 aliphatic rings. The first-order valence-electron chi connectivity index (χ1n) is 28.3. The predicted octanol–water partition coefficient (Wildman–Crippen LogP) is 19.3. The minimum absolute atomic E-state index is 0.124. The van der Waals surface area contributed by atoms with Crippen LogP contribution in [0.3, 0.4) is 0 Å². The molecule has 6 heteroatoms. The molecule has 1 unspecified atom stereocenters. The molecule has 0 aromatic heterocycles. The van der Waals surface area contributed by atoms with E-state index in [0.717, 1.165) is 148 Å². The Hall–Kier alpha value is -5.49. The van der Waals surface area contributed by atoms with Crippen molar-refractivity contribution in [1.29, 1.82) is 0 Å². The van der Waals surface area contributed by atoms with Gasteiger partial charge in [-0.3, -0.25) is 14.4 Å². The van der Waals surface area contributed by atoms with Crippen LogP contribution in [0.2, 0.25) is 0 Å². The van der Waals surface area contributed by atoms with Gasteiger partial charge in [0.1, 0.15) is 13.2 Å². The van der Waals surface area contributed by atoms with E-state index in [-0.39, 0.29) is 44.0 Å². The second-order valence-corrected chi connectivity index (χ2v) is 17.7. The summed E-state index contributed by atoms with van der Waals surface area (Å²) in [5, 5.41) is 0. The Bertz CT molecular complexity index is 1770. The molecule has 0 radical (unpaired) electrons. The van der Waals surface area contributed by atoms with Gasteiger partial charge in [0.05, 0.1) is 0 Å². The van der Waals surface area contributed by atoms with E-state index in [1.54, 1.807) is 0 Å². The maximum atomic E-state index is 12.8. The fraction of sp³-hybridized carbons (Fsp3) is 0.507. The molecule has 0 saturated heterocycles. The zero-order chi connectivity index (χ0) is 52.9. The number of esters is 3. The Kier molecular flexibility index (Phi) is 54.6. The van der Waals surface area contributed by atoms with Crippen LogP contribution in [-0.2, 0) is 28.6 Å². The lowest BCUT2D eigenvalue weighted by Gasteiger charge is -2.18. The van der Waals surface area contributed by atoms with Gasteiger partial charge in [-0.25, -0.2) is 0 Å². The third kappa shape index (κ3) is 57.3. The first-order valence-corrected chi connectivity index (χ1v) is 28.3. The average Bonchev–Trinajstić information content (AvgIpc) is 3.39. The Morgan fingerprint density at radius 1 is 0.288 bits per heavy atom. The number of unbranched alkanes of at least 4 members (excludes halogenated alkanes) is 7. The highest BCUT2D eigenvalue weighted by Gasteiger charge is 2.19. The lowest BCUT2D eigenvalue weighted by molar-refractivity contribution is -0.167. The summed E-state index contributed by atoms with van der Waals surface area (Å²) < 4.78 is 16.6. The third-order valence-electron chi connectivity index (χ3n) is 10.9. The number of allylic oxidation sites excluding steroid dienone is 30. The number of hydrogen-bond donors (Lipinski definition) is 0. The standard InChI is InChI=1S/C67H100O6/c1-4-7-10-13-15-17-19-21-23-25-27-29-30-31-32-33-34-35-36-38-39-41-43-45-47-49-51-54-57-60-66(69)72-63-64(62-71-65(68)59-56-53-12-9-6-3)73-67(70)61-58-55-52-50-48-46-44-42-40-37-28-26-24-22-20-18-16-14-11-8-5-2/h7-8,10-11,15-18,21-24,27-29,31-32,34-35,37-39,42-45,48-51,64H,4-6,9,12-14,19-20,25-26,30,33,36,40-41,46-47,52-63H2,1-3H3/b10-7-,11-8-,17-15-,18-16-,23-21-,24-22-,29-27-,32-31-,35-34-,37-28-,39-38-,44-42-,45-43-,50-48-,51-49-. The van der Waals surface area contributed by atoms with Crippen molar-refractivity contribution in [3.8, 4) is 0 Å². The zero-order valence-electron chi connectivity index (χ0n) is 46.1. The number of carbonyl (C=O) groups excluding carboxylic acids is 3. The second-order valence-electron chi connectivity index (χ2n) is 17.7. The Morgan fingerprint density at radius 3 is 0.877 bits per heavy atom. The van der Waals surface area contributed by atoms with Gasteiger partial charge in [-0.15, -0.1) is 0 Å². The molecule has 0 aliphatic heterocycles. The van der Waals surface area contributed by atoms with Gasteiger partial charge in [-0.2, -0.15) is 0 Å². The average molecular weight is 1000 g/mol. The first kappa shape index (κ1) is 67.5. The van der Waals surface area contributed by atoms with E-state index in [2.05, 4.69) is 203 Å². The fourth-order valence-electron chi connectivity index (χ4n) is 6.74. The molecule has 0 aromatic rings. The molecule has 0 fully saturated rings. The van der Waals surface area contributed by atoms with Gasteiger partial charge in [-0.05, 0) is 135 Å². The summed E-state index contributed by atoms with van der Waals surface area (Å²) in [6, 6.07) is 0. The Labute approximate surface area is 446 Å². The zero-order valence-corrected chi connectivity index (χ0v) is 46.1. The minimum Gasteiger partial charge on any atom is -0.462 e. The summed E-state index contributed by atoms with van der Waals surface area (Å²) in [7, 11) is 0. The summed E-state index contributed by atoms with van der Waals surface area (Å²) in [5.41, 5.74) is 0. The van der Waals surface area contributed by atoms with Crippen LogP contribution in [0.5, 0.6) is 0 Å². The molecule has 0 heterocycles. The van der Waals surface area contributed by atoms with Crippen LogP contribution in [0, 0.1) is 0 Å². The number of hydrogen-bond acceptors (Lipinski definition) is 6.